The largest absolute Gasteiger partial charge is 0.322 e. The van der Waals surface area contributed by atoms with Gasteiger partial charge < -0.3 is 5.32 Å². The summed E-state index contributed by atoms with van der Waals surface area (Å²) in [5, 5.41) is 2.42. The molecule has 0 bridgehead atoms. The lowest BCUT2D eigenvalue weighted by Crippen LogP contribution is -2.29. The summed E-state index contributed by atoms with van der Waals surface area (Å²) in [5.41, 5.74) is -0.0369. The van der Waals surface area contributed by atoms with Gasteiger partial charge in [0.2, 0.25) is 0 Å². The number of nitrogens with one attached hydrogen (secondary N) is 2. The molecule has 0 fully saturated rings. The molecule has 9 heteroatoms. The number of carbonyl (C=O) groups excluding carboxylic acids is 1. The minimum absolute atomic E-state index is 0.0599. The number of hydrogen-bond acceptors (Lipinski definition) is 4. The molecule has 3 rings (SSSR count). The Bertz CT molecular complexity index is 970. The number of nitrogens with zero attached hydrogens (tertiary/aromatic N) is 1. The van der Waals surface area contributed by atoms with Crippen LogP contribution >= 0.6 is 0 Å². The van der Waals surface area contributed by atoms with Crippen molar-refractivity contribution in [2.24, 2.45) is 4.99 Å². The Morgan fingerprint density at radius 2 is 1.81 bits per heavy atom. The number of carbonyl (C=O) groups is 1. The molecule has 1 aliphatic heterocycles. The van der Waals surface area contributed by atoms with Gasteiger partial charge in [-0.15, -0.1) is 0 Å². The third-order valence-electron chi connectivity index (χ3n) is 3.65. The number of hydrogen-bond donors (Lipinski definition) is 2. The van der Waals surface area contributed by atoms with E-state index in [1.54, 1.807) is 0 Å². The van der Waals surface area contributed by atoms with Crippen molar-refractivity contribution in [1.82, 2.24) is 4.72 Å². The maximum atomic E-state index is 13.2. The van der Waals surface area contributed by atoms with E-state index in [-0.39, 0.29) is 16.1 Å². The lowest BCUT2D eigenvalue weighted by Gasteiger charge is -2.10. The standard InChI is InChI=1S/C17H15F2N3O3S/c18-12-7-11(8-13(19)9-12)17(23)21-14-3-1-4-15(10-14)26(24,25)22-16-5-2-6-20-16/h1,3-4,7-10H,2,5-6H2,(H,20,22)(H,21,23). The van der Waals surface area contributed by atoms with Crippen LogP contribution in [-0.2, 0) is 10.0 Å². The molecular formula is C17H15F2N3O3S. The van der Waals surface area contributed by atoms with Gasteiger partial charge in [0.1, 0.15) is 17.5 Å². The Hall–Kier alpha value is -2.81. The summed E-state index contributed by atoms with van der Waals surface area (Å²) >= 11 is 0. The SMILES string of the molecule is O=C(Nc1cccc(S(=O)(=O)NC2=NCCC2)c1)c1cc(F)cc(F)c1. The number of sulfonamides is 1. The number of benzene rings is 2. The number of aliphatic imine (C=N–C) groups is 1. The zero-order valence-corrected chi connectivity index (χ0v) is 14.3. The molecule has 6 nitrogen and oxygen atoms in total. The molecule has 1 amide bonds. The molecule has 136 valence electrons. The second kappa shape index (κ2) is 7.20. The predicted octanol–water partition coefficient (Wildman–Crippen LogP) is 2.69. The average molecular weight is 379 g/mol. The molecule has 2 aromatic rings. The normalized spacial score (nSPS) is 14.0. The van der Waals surface area contributed by atoms with Crippen LogP contribution in [0.15, 0.2) is 52.4 Å². The second-order valence-corrected chi connectivity index (χ2v) is 7.36. The summed E-state index contributed by atoms with van der Waals surface area (Å²) in [4.78, 5) is 16.1. The van der Waals surface area contributed by atoms with Crippen molar-refractivity contribution in [2.45, 2.75) is 17.7 Å². The molecule has 1 aliphatic rings. The minimum Gasteiger partial charge on any atom is -0.322 e. The summed E-state index contributed by atoms with van der Waals surface area (Å²) in [7, 11) is -3.83. The Morgan fingerprint density at radius 3 is 2.46 bits per heavy atom. The summed E-state index contributed by atoms with van der Waals surface area (Å²) in [6.07, 6.45) is 1.35. The van der Waals surface area contributed by atoms with Gasteiger partial charge in [-0.05, 0) is 36.8 Å². The summed E-state index contributed by atoms with van der Waals surface area (Å²) in [6, 6.07) is 7.98. The topological polar surface area (TPSA) is 87.6 Å². The molecule has 0 aliphatic carbocycles. The first-order chi connectivity index (χ1) is 12.3. The molecular weight excluding hydrogens is 364 g/mol. The third kappa shape index (κ3) is 4.23. The van der Waals surface area contributed by atoms with Crippen LogP contribution in [0.3, 0.4) is 0 Å². The van der Waals surface area contributed by atoms with E-state index in [1.165, 1.54) is 24.3 Å². The van der Waals surface area contributed by atoms with E-state index in [9.17, 15) is 22.0 Å². The molecule has 0 atom stereocenters. The number of anilines is 1. The highest BCUT2D eigenvalue weighted by molar-refractivity contribution is 7.90. The highest BCUT2D eigenvalue weighted by atomic mass is 32.2. The van der Waals surface area contributed by atoms with Crippen molar-refractivity contribution in [1.29, 1.82) is 0 Å². The molecule has 0 radical (unpaired) electrons. The van der Waals surface area contributed by atoms with Crippen LogP contribution in [0.1, 0.15) is 23.2 Å². The first-order valence-electron chi connectivity index (χ1n) is 7.77. The van der Waals surface area contributed by atoms with Crippen molar-refractivity contribution in [3.63, 3.8) is 0 Å². The maximum absolute atomic E-state index is 13.2. The van der Waals surface area contributed by atoms with E-state index in [0.29, 0.717) is 24.9 Å². The van der Waals surface area contributed by atoms with Crippen LogP contribution in [0.4, 0.5) is 14.5 Å². The quantitative estimate of drug-likeness (QED) is 0.856. The zero-order valence-electron chi connectivity index (χ0n) is 13.5. The number of amidine groups is 1. The lowest BCUT2D eigenvalue weighted by atomic mass is 10.2. The summed E-state index contributed by atoms with van der Waals surface area (Å²) < 4.78 is 53.6. The van der Waals surface area contributed by atoms with Gasteiger partial charge in [-0.3, -0.25) is 14.5 Å². The van der Waals surface area contributed by atoms with Crippen LogP contribution in [0.5, 0.6) is 0 Å². The molecule has 0 saturated heterocycles. The smallest absolute Gasteiger partial charge is 0.262 e. The van der Waals surface area contributed by atoms with E-state index in [0.717, 1.165) is 18.6 Å². The first kappa shape index (κ1) is 18.0. The molecule has 0 unspecified atom stereocenters. The Balaban J connectivity index is 1.79. The fourth-order valence-electron chi connectivity index (χ4n) is 2.47. The van der Waals surface area contributed by atoms with Crippen molar-refractivity contribution in [2.75, 3.05) is 11.9 Å². The van der Waals surface area contributed by atoms with Crippen LogP contribution in [0.25, 0.3) is 0 Å². The van der Waals surface area contributed by atoms with Gasteiger partial charge in [0.15, 0.2) is 0 Å². The highest BCUT2D eigenvalue weighted by Gasteiger charge is 2.19. The number of rotatable bonds is 4. The lowest BCUT2D eigenvalue weighted by molar-refractivity contribution is 0.102. The van der Waals surface area contributed by atoms with Crippen LogP contribution in [-0.4, -0.2) is 26.7 Å². The summed E-state index contributed by atoms with van der Waals surface area (Å²) in [5.74, 6) is -2.12. The fourth-order valence-corrected chi connectivity index (χ4v) is 3.60. The van der Waals surface area contributed by atoms with Crippen molar-refractivity contribution in [3.05, 3.63) is 59.7 Å². The molecule has 0 aromatic heterocycles. The van der Waals surface area contributed by atoms with Crippen LogP contribution in [0.2, 0.25) is 0 Å². The van der Waals surface area contributed by atoms with E-state index in [1.807, 2.05) is 0 Å². The molecule has 0 spiro atoms. The van der Waals surface area contributed by atoms with Gasteiger partial charge in [-0.1, -0.05) is 6.07 Å². The van der Waals surface area contributed by atoms with Gasteiger partial charge in [0.25, 0.3) is 15.9 Å². The maximum Gasteiger partial charge on any atom is 0.262 e. The number of amides is 1. The van der Waals surface area contributed by atoms with Gasteiger partial charge in [0.05, 0.1) is 4.90 Å². The van der Waals surface area contributed by atoms with Crippen molar-refractivity contribution < 1.29 is 22.0 Å². The molecule has 26 heavy (non-hydrogen) atoms. The van der Waals surface area contributed by atoms with Crippen LogP contribution in [0, 0.1) is 11.6 Å². The van der Waals surface area contributed by atoms with E-state index >= 15 is 0 Å². The van der Waals surface area contributed by atoms with Crippen LogP contribution < -0.4 is 10.0 Å². The Labute approximate surface area is 149 Å². The fraction of sp³-hybridized carbons (Fsp3) is 0.176. The summed E-state index contributed by atoms with van der Waals surface area (Å²) in [6.45, 7) is 0.581. The average Bonchev–Trinajstić information content (AvgIpc) is 3.06. The van der Waals surface area contributed by atoms with E-state index in [2.05, 4.69) is 15.0 Å². The van der Waals surface area contributed by atoms with Gasteiger partial charge in [0, 0.05) is 30.3 Å². The Kier molecular flexibility index (Phi) is 4.99. The predicted molar refractivity (Wildman–Crippen MR) is 92.6 cm³/mol. The Morgan fingerprint density at radius 1 is 1.08 bits per heavy atom. The van der Waals surface area contributed by atoms with Crippen molar-refractivity contribution in [3.8, 4) is 0 Å². The van der Waals surface area contributed by atoms with Crippen molar-refractivity contribution >= 4 is 27.5 Å². The number of halogens is 2. The van der Waals surface area contributed by atoms with Gasteiger partial charge >= 0.3 is 0 Å². The van der Waals surface area contributed by atoms with E-state index in [4.69, 9.17) is 0 Å². The first-order valence-corrected chi connectivity index (χ1v) is 9.25. The third-order valence-corrected chi connectivity index (χ3v) is 5.03. The molecule has 1 heterocycles. The van der Waals surface area contributed by atoms with Gasteiger partial charge in [-0.25, -0.2) is 17.2 Å². The molecule has 2 N–H and O–H groups in total. The second-order valence-electron chi connectivity index (χ2n) is 5.68. The van der Waals surface area contributed by atoms with Gasteiger partial charge in [-0.2, -0.15) is 0 Å². The molecule has 2 aromatic carbocycles. The monoisotopic (exact) mass is 379 g/mol. The zero-order chi connectivity index (χ0) is 18.7. The highest BCUT2D eigenvalue weighted by Crippen LogP contribution is 2.18. The van der Waals surface area contributed by atoms with E-state index < -0.39 is 27.6 Å². The molecule has 0 saturated carbocycles. The minimum atomic E-state index is -3.83.